The van der Waals surface area contributed by atoms with Crippen molar-refractivity contribution in [2.45, 2.75) is 83.8 Å². The van der Waals surface area contributed by atoms with Crippen LogP contribution in [0.4, 0.5) is 0 Å². The van der Waals surface area contributed by atoms with Crippen molar-refractivity contribution in [2.75, 3.05) is 5.75 Å². The Morgan fingerprint density at radius 1 is 1.34 bits per heavy atom. The molecule has 5 atom stereocenters. The number of allylic oxidation sites excluding steroid dienone is 2. The van der Waals surface area contributed by atoms with E-state index in [4.69, 9.17) is 8.92 Å². The summed E-state index contributed by atoms with van der Waals surface area (Å²) < 4.78 is 13.9. The average Bonchev–Trinajstić information content (AvgIpc) is 3.03. The lowest BCUT2D eigenvalue weighted by molar-refractivity contribution is -0.146. The fraction of sp³-hybridized carbons (Fsp3) is 0.708. The summed E-state index contributed by atoms with van der Waals surface area (Å²) >= 11 is 3.95. The number of halogens is 1. The van der Waals surface area contributed by atoms with Gasteiger partial charge in [-0.15, -0.1) is 0 Å². The second kappa shape index (κ2) is 9.47. The average molecular weight is 528 g/mol. The molecular weight excluding hydrogens is 495 g/mol. The van der Waals surface area contributed by atoms with E-state index in [0.29, 0.717) is 11.3 Å². The lowest BCUT2D eigenvalue weighted by atomic mass is 9.62. The van der Waals surface area contributed by atoms with E-state index in [2.05, 4.69) is 45.7 Å². The van der Waals surface area contributed by atoms with Crippen LogP contribution in [-0.2, 0) is 13.7 Å². The summed E-state index contributed by atoms with van der Waals surface area (Å²) in [6, 6.07) is 0. The second-order valence-corrected chi connectivity index (χ2v) is 10.8. The van der Waals surface area contributed by atoms with Crippen LogP contribution in [0.2, 0.25) is 0 Å². The van der Waals surface area contributed by atoms with E-state index in [1.54, 1.807) is 17.6 Å². The van der Waals surface area contributed by atoms with Crippen LogP contribution in [0, 0.1) is 17.3 Å². The van der Waals surface area contributed by atoms with Crippen LogP contribution in [0.25, 0.3) is 0 Å². The van der Waals surface area contributed by atoms with E-state index in [1.165, 1.54) is 56.6 Å². The molecule has 4 rings (SSSR count). The molecule has 3 aliphatic carbocycles. The molecule has 4 aliphatic rings. The summed E-state index contributed by atoms with van der Waals surface area (Å²) in [7, 11) is 0. The maximum absolute atomic E-state index is 11.4. The van der Waals surface area contributed by atoms with Crippen LogP contribution in [0.3, 0.4) is 0 Å². The van der Waals surface area contributed by atoms with E-state index >= 15 is 0 Å². The number of rotatable bonds is 4. The van der Waals surface area contributed by atoms with Crippen molar-refractivity contribution in [3.8, 4) is 0 Å². The highest BCUT2D eigenvalue weighted by Gasteiger charge is 2.48. The molecule has 2 saturated carbocycles. The minimum atomic E-state index is -0.166. The molecule has 5 heteroatoms. The van der Waals surface area contributed by atoms with Crippen molar-refractivity contribution in [1.82, 2.24) is 0 Å². The summed E-state index contributed by atoms with van der Waals surface area (Å²) in [5.74, 6) is 2.31. The minimum absolute atomic E-state index is 0.0198. The Hall–Kier alpha value is -0.270. The van der Waals surface area contributed by atoms with Crippen LogP contribution in [-0.4, -0.2) is 23.9 Å². The maximum Gasteiger partial charge on any atom is 0.302 e. The fourth-order valence-corrected chi connectivity index (χ4v) is 7.47. The quantitative estimate of drug-likeness (QED) is 0.172. The first-order chi connectivity index (χ1) is 14.0. The van der Waals surface area contributed by atoms with Gasteiger partial charge >= 0.3 is 5.97 Å². The summed E-state index contributed by atoms with van der Waals surface area (Å²) in [5, 5.41) is 0. The van der Waals surface area contributed by atoms with Gasteiger partial charge in [0.1, 0.15) is 12.2 Å². The molecule has 0 radical (unpaired) electrons. The SMILES string of the molecule is CC(=O)OC1CCC2=C(C1)C(/C=C1\CCCC3(C)C(C/C=C/I)CCC13)OSC2. The van der Waals surface area contributed by atoms with Crippen LogP contribution in [0.15, 0.2) is 33.0 Å². The number of fused-ring (bicyclic) bond motifs is 1. The zero-order chi connectivity index (χ0) is 20.4. The predicted octanol–water partition coefficient (Wildman–Crippen LogP) is 6.93. The van der Waals surface area contributed by atoms with E-state index in [1.807, 2.05) is 0 Å². The van der Waals surface area contributed by atoms with Crippen molar-refractivity contribution < 1.29 is 13.7 Å². The first-order valence-electron chi connectivity index (χ1n) is 11.1. The molecule has 29 heavy (non-hydrogen) atoms. The van der Waals surface area contributed by atoms with Gasteiger partial charge in [0.2, 0.25) is 0 Å². The van der Waals surface area contributed by atoms with E-state index < -0.39 is 0 Å². The number of carbonyl (C=O) groups excluding carboxylic acids is 1. The Morgan fingerprint density at radius 3 is 3.00 bits per heavy atom. The molecule has 1 heterocycles. The number of esters is 1. The first-order valence-corrected chi connectivity index (χ1v) is 13.3. The molecule has 0 spiro atoms. The van der Waals surface area contributed by atoms with E-state index in [-0.39, 0.29) is 18.2 Å². The smallest absolute Gasteiger partial charge is 0.302 e. The molecule has 0 saturated heterocycles. The van der Waals surface area contributed by atoms with Crippen LogP contribution < -0.4 is 0 Å². The molecule has 160 valence electrons. The van der Waals surface area contributed by atoms with Crippen molar-refractivity contribution in [3.05, 3.63) is 33.0 Å². The molecule has 2 fully saturated rings. The van der Waals surface area contributed by atoms with E-state index in [0.717, 1.165) is 30.9 Å². The van der Waals surface area contributed by atoms with Crippen molar-refractivity contribution in [3.63, 3.8) is 0 Å². The Labute approximate surface area is 193 Å². The van der Waals surface area contributed by atoms with Crippen molar-refractivity contribution in [1.29, 1.82) is 0 Å². The van der Waals surface area contributed by atoms with Gasteiger partial charge in [0.15, 0.2) is 0 Å². The molecule has 5 unspecified atom stereocenters. The molecule has 3 nitrogen and oxygen atoms in total. The number of ether oxygens (including phenoxy) is 1. The van der Waals surface area contributed by atoms with Gasteiger partial charge in [-0.1, -0.05) is 52.8 Å². The fourth-order valence-electron chi connectivity index (χ4n) is 6.31. The summed E-state index contributed by atoms with van der Waals surface area (Å²) in [4.78, 5) is 11.4. The highest BCUT2D eigenvalue weighted by atomic mass is 127. The monoisotopic (exact) mass is 528 g/mol. The molecule has 0 amide bonds. The maximum atomic E-state index is 11.4. The van der Waals surface area contributed by atoms with Gasteiger partial charge in [-0.05, 0) is 90.3 Å². The highest BCUT2D eigenvalue weighted by molar-refractivity contribution is 14.1. The van der Waals surface area contributed by atoms with Crippen LogP contribution >= 0.6 is 34.6 Å². The normalized spacial score (nSPS) is 38.9. The third-order valence-electron chi connectivity index (χ3n) is 7.79. The van der Waals surface area contributed by atoms with E-state index in [9.17, 15) is 4.79 Å². The van der Waals surface area contributed by atoms with Crippen LogP contribution in [0.5, 0.6) is 0 Å². The Kier molecular flexibility index (Phi) is 7.17. The Bertz CT molecular complexity index is 728. The summed E-state index contributed by atoms with van der Waals surface area (Å²) in [6.45, 7) is 4.06. The Balaban J connectivity index is 1.54. The summed E-state index contributed by atoms with van der Waals surface area (Å²) in [6.07, 6.45) is 15.5. The third kappa shape index (κ3) is 4.67. The Morgan fingerprint density at radius 2 is 2.21 bits per heavy atom. The van der Waals surface area contributed by atoms with Gasteiger partial charge in [0, 0.05) is 19.1 Å². The second-order valence-electron chi connectivity index (χ2n) is 9.41. The first kappa shape index (κ1) is 21.9. The topological polar surface area (TPSA) is 35.5 Å². The van der Waals surface area contributed by atoms with Crippen molar-refractivity contribution in [2.24, 2.45) is 17.3 Å². The number of hydrogen-bond acceptors (Lipinski definition) is 4. The van der Waals surface area contributed by atoms with Gasteiger partial charge in [0.05, 0.1) is 0 Å². The minimum Gasteiger partial charge on any atom is -0.462 e. The molecule has 0 aromatic rings. The van der Waals surface area contributed by atoms with Gasteiger partial charge in [-0.3, -0.25) is 4.79 Å². The summed E-state index contributed by atoms with van der Waals surface area (Å²) in [5.41, 5.74) is 4.99. The molecule has 0 N–H and O–H groups in total. The highest BCUT2D eigenvalue weighted by Crippen LogP contribution is 2.58. The standard InChI is InChI=1S/C24H33IO3S/c1-16(26)27-20-9-7-18-15-29-28-23(21(18)14-20)13-17-5-3-11-24(2)19(6-4-12-25)8-10-22(17)24/h4,12-13,19-20,22-23H,3,5-11,14-15H2,1-2H3/b12-4+,17-13+. The van der Waals surface area contributed by atoms with Gasteiger partial charge in [-0.25, -0.2) is 0 Å². The molecule has 0 aromatic heterocycles. The zero-order valence-electron chi connectivity index (χ0n) is 17.6. The van der Waals surface area contributed by atoms with Gasteiger partial charge < -0.3 is 8.92 Å². The lowest BCUT2D eigenvalue weighted by Gasteiger charge is -2.43. The molecule has 0 bridgehead atoms. The number of carbonyl (C=O) groups is 1. The zero-order valence-corrected chi connectivity index (χ0v) is 20.6. The molecule has 0 aromatic carbocycles. The molecule has 1 aliphatic heterocycles. The van der Waals surface area contributed by atoms with Crippen LogP contribution in [0.1, 0.15) is 71.6 Å². The number of hydrogen-bond donors (Lipinski definition) is 0. The largest absolute Gasteiger partial charge is 0.462 e. The lowest BCUT2D eigenvalue weighted by Crippen LogP contribution is -2.34. The third-order valence-corrected chi connectivity index (χ3v) is 9.11. The van der Waals surface area contributed by atoms with Gasteiger partial charge in [-0.2, -0.15) is 0 Å². The molecular formula is C24H33IO3S. The van der Waals surface area contributed by atoms with Crippen molar-refractivity contribution >= 4 is 40.6 Å². The van der Waals surface area contributed by atoms with Gasteiger partial charge in [0.25, 0.3) is 0 Å². The predicted molar refractivity (Wildman–Crippen MR) is 128 cm³/mol.